The number of aryl methyl sites for hydroxylation is 1. The minimum atomic E-state index is -0.0408. The molecule has 0 unspecified atom stereocenters. The normalized spacial score (nSPS) is 11.0. The summed E-state index contributed by atoms with van der Waals surface area (Å²) in [5.74, 6) is 0.659. The van der Waals surface area contributed by atoms with Crippen molar-refractivity contribution >= 4 is 16.9 Å². The van der Waals surface area contributed by atoms with E-state index in [2.05, 4.69) is 20.3 Å². The zero-order valence-corrected chi connectivity index (χ0v) is 14.8. The molecule has 0 saturated heterocycles. The number of nitrogens with zero attached hydrogens (tertiary/aromatic N) is 5. The minimum Gasteiger partial charge on any atom is -0.354 e. The van der Waals surface area contributed by atoms with E-state index in [4.69, 9.17) is 0 Å². The summed E-state index contributed by atoms with van der Waals surface area (Å²) in [7, 11) is 0. The maximum Gasteiger partial charge on any atom is 0.240 e. The average molecular weight is 360 g/mol. The van der Waals surface area contributed by atoms with Crippen LogP contribution in [0.4, 0.5) is 0 Å². The monoisotopic (exact) mass is 360 g/mol. The van der Waals surface area contributed by atoms with Gasteiger partial charge in [-0.05, 0) is 30.7 Å². The first-order chi connectivity index (χ1) is 13.3. The number of rotatable bonds is 7. The summed E-state index contributed by atoms with van der Waals surface area (Å²) < 4.78 is 3.91. The lowest BCUT2D eigenvalue weighted by molar-refractivity contribution is -0.121. The summed E-state index contributed by atoms with van der Waals surface area (Å²) in [6.45, 7) is 1.65. The maximum absolute atomic E-state index is 12.5. The highest BCUT2D eigenvalue weighted by molar-refractivity contribution is 5.84. The molecule has 4 aromatic rings. The molecule has 7 heteroatoms. The molecule has 1 aromatic carbocycles. The Morgan fingerprint density at radius 3 is 2.78 bits per heavy atom. The van der Waals surface area contributed by atoms with Crippen molar-refractivity contribution in [1.29, 1.82) is 0 Å². The molecule has 1 N–H and O–H groups in total. The van der Waals surface area contributed by atoms with Gasteiger partial charge in [-0.2, -0.15) is 0 Å². The summed E-state index contributed by atoms with van der Waals surface area (Å²) in [4.78, 5) is 25.6. The molecule has 0 bridgehead atoms. The molecule has 4 rings (SSSR count). The van der Waals surface area contributed by atoms with E-state index in [0.717, 1.165) is 29.7 Å². The molecule has 0 aliphatic rings. The Bertz CT molecular complexity index is 1020. The highest BCUT2D eigenvalue weighted by Gasteiger charge is 2.15. The first kappa shape index (κ1) is 17.0. The van der Waals surface area contributed by atoms with Crippen molar-refractivity contribution in [2.24, 2.45) is 0 Å². The third kappa shape index (κ3) is 3.87. The predicted octanol–water partition coefficient (Wildman–Crippen LogP) is 2.50. The summed E-state index contributed by atoms with van der Waals surface area (Å²) in [6, 6.07) is 13.5. The molecule has 0 radical (unpaired) electrons. The number of benzene rings is 1. The van der Waals surface area contributed by atoms with E-state index in [1.807, 2.05) is 57.8 Å². The van der Waals surface area contributed by atoms with Crippen LogP contribution in [0.5, 0.6) is 0 Å². The van der Waals surface area contributed by atoms with Crippen molar-refractivity contribution in [1.82, 2.24) is 29.4 Å². The number of carbonyl (C=O) groups is 1. The van der Waals surface area contributed by atoms with Crippen molar-refractivity contribution in [3.05, 3.63) is 67.4 Å². The molecule has 0 atom stereocenters. The largest absolute Gasteiger partial charge is 0.354 e. The van der Waals surface area contributed by atoms with Crippen molar-refractivity contribution in [2.45, 2.75) is 19.5 Å². The van der Waals surface area contributed by atoms with Gasteiger partial charge in [0.15, 0.2) is 5.82 Å². The van der Waals surface area contributed by atoms with E-state index >= 15 is 0 Å². The number of hydrogen-bond donors (Lipinski definition) is 1. The van der Waals surface area contributed by atoms with Crippen molar-refractivity contribution in [2.75, 3.05) is 6.54 Å². The molecule has 0 aliphatic heterocycles. The second kappa shape index (κ2) is 7.82. The lowest BCUT2D eigenvalue weighted by Gasteiger charge is -2.10. The van der Waals surface area contributed by atoms with Crippen LogP contribution in [-0.2, 0) is 17.9 Å². The van der Waals surface area contributed by atoms with E-state index in [-0.39, 0.29) is 12.5 Å². The minimum absolute atomic E-state index is 0.0408. The van der Waals surface area contributed by atoms with Crippen LogP contribution in [-0.4, -0.2) is 36.5 Å². The quantitative estimate of drug-likeness (QED) is 0.514. The third-order valence-corrected chi connectivity index (χ3v) is 4.32. The van der Waals surface area contributed by atoms with Crippen LogP contribution >= 0.6 is 0 Å². The molecule has 0 aliphatic carbocycles. The number of fused-ring (bicyclic) bond motifs is 1. The summed E-state index contributed by atoms with van der Waals surface area (Å²) in [5, 5.41) is 2.99. The Balaban J connectivity index is 1.48. The molecular formula is C20H20N6O. The van der Waals surface area contributed by atoms with Gasteiger partial charge in [-0.25, -0.2) is 9.97 Å². The second-order valence-corrected chi connectivity index (χ2v) is 6.23. The molecule has 27 heavy (non-hydrogen) atoms. The van der Waals surface area contributed by atoms with E-state index in [0.29, 0.717) is 12.4 Å². The Kier molecular flexibility index (Phi) is 4.91. The zero-order valence-electron chi connectivity index (χ0n) is 14.8. The van der Waals surface area contributed by atoms with Crippen LogP contribution < -0.4 is 5.32 Å². The lowest BCUT2D eigenvalue weighted by atomic mass is 10.3. The fourth-order valence-corrected chi connectivity index (χ4v) is 3.03. The smallest absolute Gasteiger partial charge is 0.240 e. The van der Waals surface area contributed by atoms with E-state index in [1.54, 1.807) is 18.7 Å². The standard InChI is InChI=1S/C20H20N6O/c27-19(23-10-5-12-25-13-11-21-15-25)14-26-18-8-2-1-6-16(18)24-20(26)17-7-3-4-9-22-17/h1-4,6-9,11,13,15H,5,10,12,14H2,(H,23,27). The number of amides is 1. The summed E-state index contributed by atoms with van der Waals surface area (Å²) >= 11 is 0. The molecular weight excluding hydrogens is 340 g/mol. The highest BCUT2D eigenvalue weighted by Crippen LogP contribution is 2.23. The molecule has 0 fully saturated rings. The van der Waals surface area contributed by atoms with Gasteiger partial charge in [-0.3, -0.25) is 9.78 Å². The summed E-state index contributed by atoms with van der Waals surface area (Å²) in [6.07, 6.45) is 8.02. The van der Waals surface area contributed by atoms with Gasteiger partial charge in [0.2, 0.25) is 5.91 Å². The fourth-order valence-electron chi connectivity index (χ4n) is 3.03. The molecule has 1 amide bonds. The molecule has 7 nitrogen and oxygen atoms in total. The van der Waals surface area contributed by atoms with Gasteiger partial charge in [-0.1, -0.05) is 18.2 Å². The van der Waals surface area contributed by atoms with E-state index in [9.17, 15) is 4.79 Å². The first-order valence-electron chi connectivity index (χ1n) is 8.90. The van der Waals surface area contributed by atoms with Crippen LogP contribution in [0.1, 0.15) is 6.42 Å². The number of aromatic nitrogens is 5. The second-order valence-electron chi connectivity index (χ2n) is 6.23. The van der Waals surface area contributed by atoms with Gasteiger partial charge < -0.3 is 14.5 Å². The predicted molar refractivity (Wildman–Crippen MR) is 103 cm³/mol. The van der Waals surface area contributed by atoms with Gasteiger partial charge in [0.05, 0.1) is 17.4 Å². The third-order valence-electron chi connectivity index (χ3n) is 4.32. The van der Waals surface area contributed by atoms with E-state index in [1.165, 1.54) is 0 Å². The number of hydrogen-bond acceptors (Lipinski definition) is 4. The van der Waals surface area contributed by atoms with Gasteiger partial charge >= 0.3 is 0 Å². The maximum atomic E-state index is 12.5. The van der Waals surface area contributed by atoms with Crippen LogP contribution in [0.25, 0.3) is 22.6 Å². The van der Waals surface area contributed by atoms with Crippen molar-refractivity contribution < 1.29 is 4.79 Å². The van der Waals surface area contributed by atoms with Gasteiger partial charge in [0, 0.05) is 31.7 Å². The topological polar surface area (TPSA) is 77.6 Å². The molecule has 0 spiro atoms. The van der Waals surface area contributed by atoms with Crippen LogP contribution in [0.3, 0.4) is 0 Å². The van der Waals surface area contributed by atoms with Crippen molar-refractivity contribution in [3.63, 3.8) is 0 Å². The summed E-state index contributed by atoms with van der Waals surface area (Å²) in [5.41, 5.74) is 2.53. The first-order valence-corrected chi connectivity index (χ1v) is 8.90. The molecule has 136 valence electrons. The van der Waals surface area contributed by atoms with Crippen LogP contribution in [0, 0.1) is 0 Å². The zero-order chi connectivity index (χ0) is 18.5. The van der Waals surface area contributed by atoms with Crippen LogP contribution in [0.15, 0.2) is 67.4 Å². The SMILES string of the molecule is O=C(Cn1c(-c2ccccn2)nc2ccccc21)NCCCn1ccnc1. The van der Waals surface area contributed by atoms with Crippen LogP contribution in [0.2, 0.25) is 0 Å². The molecule has 0 saturated carbocycles. The van der Waals surface area contributed by atoms with Gasteiger partial charge in [0.25, 0.3) is 0 Å². The van der Waals surface area contributed by atoms with Gasteiger partial charge in [0.1, 0.15) is 12.2 Å². The lowest BCUT2D eigenvalue weighted by Crippen LogP contribution is -2.29. The highest BCUT2D eigenvalue weighted by atomic mass is 16.1. The number of carbonyl (C=O) groups excluding carboxylic acids is 1. The van der Waals surface area contributed by atoms with Gasteiger partial charge in [-0.15, -0.1) is 0 Å². The molecule has 3 heterocycles. The Morgan fingerprint density at radius 1 is 1.07 bits per heavy atom. The number of nitrogens with one attached hydrogen (secondary N) is 1. The Hall–Kier alpha value is -3.48. The average Bonchev–Trinajstić information content (AvgIpc) is 3.34. The molecule has 3 aromatic heterocycles. The number of pyridine rings is 1. The fraction of sp³-hybridized carbons (Fsp3) is 0.200. The van der Waals surface area contributed by atoms with Crippen molar-refractivity contribution in [3.8, 4) is 11.5 Å². The Morgan fingerprint density at radius 2 is 1.96 bits per heavy atom. The van der Waals surface area contributed by atoms with E-state index < -0.39 is 0 Å². The number of para-hydroxylation sites is 2. The Labute approximate surface area is 156 Å². The number of imidazole rings is 2.